The first-order chi connectivity index (χ1) is 9.63. The largest absolute Gasteiger partial charge is 0.398 e. The molecule has 1 unspecified atom stereocenters. The maximum atomic E-state index is 12.7. The van der Waals surface area contributed by atoms with E-state index >= 15 is 0 Å². The predicted molar refractivity (Wildman–Crippen MR) is 86.7 cm³/mol. The monoisotopic (exact) mass is 310 g/mol. The first-order valence-corrected chi connectivity index (χ1v) is 9.01. The Labute approximate surface area is 128 Å². The summed E-state index contributed by atoms with van der Waals surface area (Å²) < 4.78 is 28.4. The highest BCUT2D eigenvalue weighted by Crippen LogP contribution is 2.36. The van der Waals surface area contributed by atoms with Crippen LogP contribution in [0.4, 0.5) is 5.69 Å². The van der Waals surface area contributed by atoms with Crippen LogP contribution in [0.1, 0.15) is 50.7 Å². The second-order valence-corrected chi connectivity index (χ2v) is 8.57. The summed E-state index contributed by atoms with van der Waals surface area (Å²) in [6.45, 7) is 7.89. The van der Waals surface area contributed by atoms with Gasteiger partial charge in [0, 0.05) is 11.7 Å². The molecule has 1 aromatic carbocycles. The van der Waals surface area contributed by atoms with Crippen molar-refractivity contribution >= 4 is 15.7 Å². The number of nitrogens with two attached hydrogens (primary N) is 1. The summed E-state index contributed by atoms with van der Waals surface area (Å²) in [5.74, 6) is 0. The van der Waals surface area contributed by atoms with Crippen molar-refractivity contribution < 1.29 is 8.42 Å². The molecule has 0 heterocycles. The zero-order chi connectivity index (χ0) is 15.8. The summed E-state index contributed by atoms with van der Waals surface area (Å²) in [7, 11) is -3.54. The van der Waals surface area contributed by atoms with Crippen molar-refractivity contribution in [2.75, 3.05) is 5.73 Å². The van der Waals surface area contributed by atoms with Gasteiger partial charge in [0.25, 0.3) is 0 Å². The van der Waals surface area contributed by atoms with Crippen LogP contribution in [0.5, 0.6) is 0 Å². The van der Waals surface area contributed by atoms with Crippen molar-refractivity contribution in [3.05, 3.63) is 23.3 Å². The maximum Gasteiger partial charge on any atom is 0.241 e. The van der Waals surface area contributed by atoms with Crippen LogP contribution in [0.2, 0.25) is 0 Å². The van der Waals surface area contributed by atoms with E-state index in [9.17, 15) is 8.42 Å². The molecule has 1 fully saturated rings. The number of sulfonamides is 1. The minimum atomic E-state index is -3.54. The summed E-state index contributed by atoms with van der Waals surface area (Å²) >= 11 is 0. The van der Waals surface area contributed by atoms with Gasteiger partial charge in [-0.1, -0.05) is 26.7 Å². The summed E-state index contributed by atoms with van der Waals surface area (Å²) in [6.07, 6.45) is 4.19. The van der Waals surface area contributed by atoms with Crippen LogP contribution in [0.25, 0.3) is 0 Å². The number of rotatable bonds is 3. The Kier molecular flexibility index (Phi) is 4.36. The third kappa shape index (κ3) is 3.40. The molecule has 1 aliphatic rings. The number of aryl methyl sites for hydroxylation is 1. The molecule has 1 aromatic rings. The van der Waals surface area contributed by atoms with Gasteiger partial charge in [-0.3, -0.25) is 0 Å². The highest BCUT2D eigenvalue weighted by Gasteiger charge is 2.35. The average molecular weight is 310 g/mol. The van der Waals surface area contributed by atoms with Crippen LogP contribution in [-0.2, 0) is 10.0 Å². The molecule has 1 atom stereocenters. The van der Waals surface area contributed by atoms with Gasteiger partial charge in [0.05, 0.1) is 4.90 Å². The summed E-state index contributed by atoms with van der Waals surface area (Å²) in [5, 5.41) is 0. The van der Waals surface area contributed by atoms with Crippen LogP contribution in [0.15, 0.2) is 17.0 Å². The van der Waals surface area contributed by atoms with Gasteiger partial charge in [0.2, 0.25) is 10.0 Å². The van der Waals surface area contributed by atoms with Crippen LogP contribution in [0, 0.1) is 19.3 Å². The van der Waals surface area contributed by atoms with Gasteiger partial charge in [0.1, 0.15) is 0 Å². The molecular formula is C16H26N2O2S. The lowest BCUT2D eigenvalue weighted by atomic mass is 9.74. The van der Waals surface area contributed by atoms with Gasteiger partial charge in [-0.2, -0.15) is 0 Å². The standard InChI is InChI=1S/C16H26N2O2S/c1-11-9-13(17)12(2)14(10-11)21(19,20)18-15-7-5-6-8-16(15,3)4/h9-10,15,18H,5-8,17H2,1-4H3. The molecule has 0 saturated heterocycles. The molecule has 2 rings (SSSR count). The molecule has 118 valence electrons. The normalized spacial score (nSPS) is 22.2. The molecule has 3 N–H and O–H groups in total. The van der Waals surface area contributed by atoms with E-state index in [4.69, 9.17) is 5.73 Å². The van der Waals surface area contributed by atoms with Crippen LogP contribution in [0.3, 0.4) is 0 Å². The fourth-order valence-electron chi connectivity index (χ4n) is 3.09. The zero-order valence-electron chi connectivity index (χ0n) is 13.4. The summed E-state index contributed by atoms with van der Waals surface area (Å²) in [5.41, 5.74) is 7.92. The minimum Gasteiger partial charge on any atom is -0.398 e. The first-order valence-electron chi connectivity index (χ1n) is 7.52. The lowest BCUT2D eigenvalue weighted by molar-refractivity contribution is 0.188. The van der Waals surface area contributed by atoms with Crippen molar-refractivity contribution in [2.24, 2.45) is 5.41 Å². The number of nitrogen functional groups attached to an aromatic ring is 1. The number of benzene rings is 1. The Bertz CT molecular complexity index is 636. The van der Waals surface area contributed by atoms with Crippen LogP contribution in [-0.4, -0.2) is 14.5 Å². The van der Waals surface area contributed by atoms with E-state index in [0.717, 1.165) is 24.8 Å². The quantitative estimate of drug-likeness (QED) is 0.842. The third-order valence-corrected chi connectivity index (χ3v) is 6.24. The van der Waals surface area contributed by atoms with Crippen molar-refractivity contribution in [1.82, 2.24) is 4.72 Å². The second kappa shape index (κ2) is 5.61. The van der Waals surface area contributed by atoms with Crippen molar-refractivity contribution in [2.45, 2.75) is 64.3 Å². The molecule has 1 saturated carbocycles. The Morgan fingerprint density at radius 3 is 2.52 bits per heavy atom. The van der Waals surface area contributed by atoms with Gasteiger partial charge < -0.3 is 5.73 Å². The summed E-state index contributed by atoms with van der Waals surface area (Å²) in [4.78, 5) is 0.307. The van der Waals surface area contributed by atoms with Crippen molar-refractivity contribution in [3.8, 4) is 0 Å². The molecule has 5 heteroatoms. The van der Waals surface area contributed by atoms with Gasteiger partial charge in [0.15, 0.2) is 0 Å². The zero-order valence-corrected chi connectivity index (χ0v) is 14.2. The number of nitrogens with one attached hydrogen (secondary N) is 1. The molecule has 4 nitrogen and oxygen atoms in total. The van der Waals surface area contributed by atoms with E-state index in [1.165, 1.54) is 6.42 Å². The van der Waals surface area contributed by atoms with E-state index in [-0.39, 0.29) is 11.5 Å². The molecule has 0 aromatic heterocycles. The van der Waals surface area contributed by atoms with Gasteiger partial charge in [-0.05, 0) is 55.4 Å². The van der Waals surface area contributed by atoms with E-state index in [2.05, 4.69) is 18.6 Å². The second-order valence-electron chi connectivity index (χ2n) is 6.89. The van der Waals surface area contributed by atoms with Crippen LogP contribution < -0.4 is 10.5 Å². The number of anilines is 1. The third-order valence-electron chi connectivity index (χ3n) is 4.64. The fraction of sp³-hybridized carbons (Fsp3) is 0.625. The molecule has 0 amide bonds. The molecule has 21 heavy (non-hydrogen) atoms. The molecule has 0 spiro atoms. The Balaban J connectivity index is 2.35. The van der Waals surface area contributed by atoms with Gasteiger partial charge >= 0.3 is 0 Å². The van der Waals surface area contributed by atoms with E-state index in [1.54, 1.807) is 19.1 Å². The highest BCUT2D eigenvalue weighted by molar-refractivity contribution is 7.89. The molecule has 0 aliphatic heterocycles. The topological polar surface area (TPSA) is 72.2 Å². The molecular weight excluding hydrogens is 284 g/mol. The predicted octanol–water partition coefficient (Wildman–Crippen LogP) is 3.13. The Morgan fingerprint density at radius 2 is 1.90 bits per heavy atom. The van der Waals surface area contributed by atoms with E-state index in [1.807, 2.05) is 6.92 Å². The first kappa shape index (κ1) is 16.3. The van der Waals surface area contributed by atoms with Gasteiger partial charge in [-0.15, -0.1) is 0 Å². The number of hydrogen-bond acceptors (Lipinski definition) is 3. The van der Waals surface area contributed by atoms with E-state index < -0.39 is 10.0 Å². The number of hydrogen-bond donors (Lipinski definition) is 2. The lowest BCUT2D eigenvalue weighted by Gasteiger charge is -2.38. The summed E-state index contributed by atoms with van der Waals surface area (Å²) in [6, 6.07) is 3.49. The molecule has 1 aliphatic carbocycles. The van der Waals surface area contributed by atoms with Crippen molar-refractivity contribution in [3.63, 3.8) is 0 Å². The molecule has 0 bridgehead atoms. The average Bonchev–Trinajstić information content (AvgIpc) is 2.36. The van der Waals surface area contributed by atoms with Crippen LogP contribution >= 0.6 is 0 Å². The SMILES string of the molecule is Cc1cc(N)c(C)c(S(=O)(=O)NC2CCCCC2(C)C)c1. The fourth-order valence-corrected chi connectivity index (χ4v) is 4.90. The minimum absolute atomic E-state index is 0.00536. The molecule has 0 radical (unpaired) electrons. The van der Waals surface area contributed by atoms with Crippen molar-refractivity contribution in [1.29, 1.82) is 0 Å². The Morgan fingerprint density at radius 1 is 1.24 bits per heavy atom. The smallest absolute Gasteiger partial charge is 0.241 e. The Hall–Kier alpha value is -1.07. The van der Waals surface area contributed by atoms with E-state index in [0.29, 0.717) is 16.1 Å². The maximum absolute atomic E-state index is 12.7. The lowest BCUT2D eigenvalue weighted by Crippen LogP contribution is -2.46. The van der Waals surface area contributed by atoms with Gasteiger partial charge in [-0.25, -0.2) is 13.1 Å². The highest BCUT2D eigenvalue weighted by atomic mass is 32.2.